The standard InChI is InChI=1S/C22H24N6O2/c1-14-10-15(22-25-12-20(21(23)27-22)29-9-8-24-2)4-7-19(14)30-16-5-6-18-17(11-16)26-13-28(18)3/h4-7,10-13,24H,8-9H2,1-3H3,(H2,23,25,27). The first kappa shape index (κ1) is 19.7. The van der Waals surface area contributed by atoms with Crippen molar-refractivity contribution >= 4 is 16.9 Å². The van der Waals surface area contributed by atoms with E-state index in [1.165, 1.54) is 0 Å². The molecule has 0 bridgehead atoms. The molecule has 0 spiro atoms. The van der Waals surface area contributed by atoms with Crippen LogP contribution in [0.2, 0.25) is 0 Å². The molecule has 2 aromatic carbocycles. The molecule has 0 saturated carbocycles. The monoisotopic (exact) mass is 404 g/mol. The lowest BCUT2D eigenvalue weighted by Gasteiger charge is -2.11. The Morgan fingerprint density at radius 3 is 2.73 bits per heavy atom. The topological polar surface area (TPSA) is 100 Å². The summed E-state index contributed by atoms with van der Waals surface area (Å²) in [6, 6.07) is 11.7. The molecule has 0 atom stereocenters. The van der Waals surface area contributed by atoms with E-state index in [9.17, 15) is 0 Å². The second-order valence-corrected chi connectivity index (χ2v) is 6.98. The number of nitrogen functional groups attached to an aromatic ring is 1. The zero-order chi connectivity index (χ0) is 21.1. The van der Waals surface area contributed by atoms with Gasteiger partial charge in [0.1, 0.15) is 18.1 Å². The molecule has 2 aromatic heterocycles. The highest BCUT2D eigenvalue weighted by Gasteiger charge is 2.10. The highest BCUT2D eigenvalue weighted by atomic mass is 16.5. The maximum absolute atomic E-state index is 6.07. The van der Waals surface area contributed by atoms with E-state index in [1.807, 2.05) is 62.0 Å². The molecule has 0 aliphatic heterocycles. The van der Waals surface area contributed by atoms with E-state index < -0.39 is 0 Å². The van der Waals surface area contributed by atoms with Crippen molar-refractivity contribution in [2.75, 3.05) is 25.9 Å². The van der Waals surface area contributed by atoms with Crippen LogP contribution in [0.5, 0.6) is 17.2 Å². The summed E-state index contributed by atoms with van der Waals surface area (Å²) in [7, 11) is 3.83. The van der Waals surface area contributed by atoms with Gasteiger partial charge >= 0.3 is 0 Å². The SMILES string of the molecule is CNCCOc1cnc(-c2ccc(Oc3ccc4c(c3)ncn4C)c(C)c2)nc1N. The van der Waals surface area contributed by atoms with Crippen LogP contribution < -0.4 is 20.5 Å². The number of likely N-dealkylation sites (N-methyl/N-ethyl adjacent to an activating group) is 1. The van der Waals surface area contributed by atoms with Gasteiger partial charge in [0, 0.05) is 25.2 Å². The van der Waals surface area contributed by atoms with Crippen molar-refractivity contribution < 1.29 is 9.47 Å². The summed E-state index contributed by atoms with van der Waals surface area (Å²) in [4.78, 5) is 13.2. The third-order valence-corrected chi connectivity index (χ3v) is 4.75. The summed E-state index contributed by atoms with van der Waals surface area (Å²) in [5, 5.41) is 3.01. The van der Waals surface area contributed by atoms with Crippen LogP contribution in [-0.4, -0.2) is 39.7 Å². The highest BCUT2D eigenvalue weighted by molar-refractivity contribution is 5.77. The Balaban J connectivity index is 1.53. The minimum atomic E-state index is 0.317. The molecule has 0 radical (unpaired) electrons. The number of aromatic nitrogens is 4. The zero-order valence-corrected chi connectivity index (χ0v) is 17.2. The largest absolute Gasteiger partial charge is 0.487 e. The Morgan fingerprint density at radius 1 is 1.10 bits per heavy atom. The van der Waals surface area contributed by atoms with Crippen molar-refractivity contribution in [3.05, 3.63) is 54.5 Å². The molecule has 0 amide bonds. The van der Waals surface area contributed by atoms with Crippen LogP contribution in [0.4, 0.5) is 5.82 Å². The fourth-order valence-corrected chi connectivity index (χ4v) is 3.11. The van der Waals surface area contributed by atoms with Crippen LogP contribution in [0, 0.1) is 6.92 Å². The van der Waals surface area contributed by atoms with Gasteiger partial charge in [-0.25, -0.2) is 15.0 Å². The third-order valence-electron chi connectivity index (χ3n) is 4.75. The van der Waals surface area contributed by atoms with Crippen LogP contribution in [0.3, 0.4) is 0 Å². The van der Waals surface area contributed by atoms with Crippen molar-refractivity contribution in [3.63, 3.8) is 0 Å². The van der Waals surface area contributed by atoms with Crippen molar-refractivity contribution in [3.8, 4) is 28.6 Å². The molecular formula is C22H24N6O2. The Morgan fingerprint density at radius 2 is 1.97 bits per heavy atom. The number of benzene rings is 2. The Bertz CT molecular complexity index is 1190. The van der Waals surface area contributed by atoms with E-state index in [0.717, 1.165) is 40.2 Å². The molecule has 0 fully saturated rings. The van der Waals surface area contributed by atoms with Gasteiger partial charge in [0.2, 0.25) is 0 Å². The van der Waals surface area contributed by atoms with Crippen molar-refractivity contribution in [2.24, 2.45) is 7.05 Å². The summed E-state index contributed by atoms with van der Waals surface area (Å²) in [6.45, 7) is 3.20. The van der Waals surface area contributed by atoms with Gasteiger partial charge in [-0.2, -0.15) is 0 Å². The summed E-state index contributed by atoms with van der Waals surface area (Å²) < 4.78 is 13.6. The minimum absolute atomic E-state index is 0.317. The molecule has 8 heteroatoms. The number of rotatable bonds is 7. The molecule has 0 saturated heterocycles. The summed E-state index contributed by atoms with van der Waals surface area (Å²) in [5.41, 5.74) is 9.80. The number of anilines is 1. The van der Waals surface area contributed by atoms with Gasteiger partial charge in [-0.05, 0) is 49.9 Å². The van der Waals surface area contributed by atoms with Crippen LogP contribution in [0.1, 0.15) is 5.56 Å². The highest BCUT2D eigenvalue weighted by Crippen LogP contribution is 2.30. The molecule has 154 valence electrons. The zero-order valence-electron chi connectivity index (χ0n) is 17.2. The van der Waals surface area contributed by atoms with Gasteiger partial charge in [0.05, 0.1) is 23.6 Å². The Hall–Kier alpha value is -3.65. The van der Waals surface area contributed by atoms with Crippen molar-refractivity contribution in [2.45, 2.75) is 6.92 Å². The normalized spacial score (nSPS) is 11.0. The van der Waals surface area contributed by atoms with Crippen molar-refractivity contribution in [1.29, 1.82) is 0 Å². The average molecular weight is 404 g/mol. The number of imidazole rings is 1. The number of hydrogen-bond acceptors (Lipinski definition) is 7. The molecular weight excluding hydrogens is 380 g/mol. The second kappa shape index (κ2) is 8.38. The lowest BCUT2D eigenvalue weighted by molar-refractivity contribution is 0.318. The number of aryl methyl sites for hydroxylation is 2. The molecule has 0 aliphatic rings. The number of nitrogens with zero attached hydrogens (tertiary/aromatic N) is 4. The molecule has 8 nitrogen and oxygen atoms in total. The van der Waals surface area contributed by atoms with Crippen LogP contribution in [0.15, 0.2) is 48.9 Å². The number of hydrogen-bond donors (Lipinski definition) is 2. The number of nitrogens with two attached hydrogens (primary N) is 1. The number of fused-ring (bicyclic) bond motifs is 1. The Kier molecular flexibility index (Phi) is 5.49. The third kappa shape index (κ3) is 4.04. The maximum Gasteiger partial charge on any atom is 0.179 e. The maximum atomic E-state index is 6.07. The van der Waals surface area contributed by atoms with Crippen molar-refractivity contribution in [1.82, 2.24) is 24.8 Å². The van der Waals surface area contributed by atoms with Gasteiger partial charge < -0.3 is 25.1 Å². The predicted molar refractivity (Wildman–Crippen MR) is 117 cm³/mol. The Labute approximate surface area is 174 Å². The fourth-order valence-electron chi connectivity index (χ4n) is 3.11. The van der Waals surface area contributed by atoms with E-state index in [4.69, 9.17) is 15.2 Å². The van der Waals surface area contributed by atoms with Gasteiger partial charge in [0.25, 0.3) is 0 Å². The second-order valence-electron chi connectivity index (χ2n) is 6.98. The number of ether oxygens (including phenoxy) is 2. The quantitative estimate of drug-likeness (QED) is 0.456. The smallest absolute Gasteiger partial charge is 0.179 e. The van der Waals surface area contributed by atoms with Crippen LogP contribution in [0.25, 0.3) is 22.4 Å². The summed E-state index contributed by atoms with van der Waals surface area (Å²) in [5.74, 6) is 2.83. The first-order chi connectivity index (χ1) is 14.5. The van der Waals surface area contributed by atoms with Gasteiger partial charge in [0.15, 0.2) is 17.4 Å². The van der Waals surface area contributed by atoms with E-state index in [-0.39, 0.29) is 0 Å². The summed E-state index contributed by atoms with van der Waals surface area (Å²) >= 11 is 0. The molecule has 0 unspecified atom stereocenters. The van der Waals surface area contributed by atoms with Gasteiger partial charge in [-0.1, -0.05) is 0 Å². The van der Waals surface area contributed by atoms with Crippen LogP contribution in [-0.2, 0) is 7.05 Å². The molecule has 30 heavy (non-hydrogen) atoms. The van der Waals surface area contributed by atoms with Crippen LogP contribution >= 0.6 is 0 Å². The van der Waals surface area contributed by atoms with E-state index in [0.29, 0.717) is 24.0 Å². The van der Waals surface area contributed by atoms with Gasteiger partial charge in [-0.3, -0.25) is 0 Å². The first-order valence-corrected chi connectivity index (χ1v) is 9.65. The first-order valence-electron chi connectivity index (χ1n) is 9.65. The van der Waals surface area contributed by atoms with Gasteiger partial charge in [-0.15, -0.1) is 0 Å². The molecule has 2 heterocycles. The van der Waals surface area contributed by atoms with E-state index in [2.05, 4.69) is 20.3 Å². The molecule has 3 N–H and O–H groups in total. The lowest BCUT2D eigenvalue weighted by Crippen LogP contribution is -2.16. The fraction of sp³-hybridized carbons (Fsp3) is 0.227. The van der Waals surface area contributed by atoms with E-state index >= 15 is 0 Å². The lowest BCUT2D eigenvalue weighted by atomic mass is 10.1. The minimum Gasteiger partial charge on any atom is -0.487 e. The molecule has 4 aromatic rings. The predicted octanol–water partition coefficient (Wildman–Crippen LogP) is 3.31. The number of nitrogens with one attached hydrogen (secondary N) is 1. The van der Waals surface area contributed by atoms with E-state index in [1.54, 1.807) is 12.5 Å². The average Bonchev–Trinajstić information content (AvgIpc) is 3.11. The molecule has 0 aliphatic carbocycles. The summed E-state index contributed by atoms with van der Waals surface area (Å²) in [6.07, 6.45) is 3.40. The molecule has 4 rings (SSSR count).